The number of hydrogen-bond donors (Lipinski definition) is 2. The fourth-order valence-corrected chi connectivity index (χ4v) is 3.91. The molecule has 1 saturated heterocycles. The van der Waals surface area contributed by atoms with Gasteiger partial charge in [0.25, 0.3) is 17.1 Å². The lowest BCUT2D eigenvalue weighted by Crippen LogP contribution is -2.28. The van der Waals surface area contributed by atoms with Crippen LogP contribution >= 0.6 is 23.4 Å². The second-order valence-corrected chi connectivity index (χ2v) is 8.19. The van der Waals surface area contributed by atoms with Crippen molar-refractivity contribution in [1.82, 2.24) is 10.6 Å². The zero-order valence-electron chi connectivity index (χ0n) is 16.2. The molecular formula is C23H17ClN2O4S. The molecule has 0 saturated carbocycles. The average Bonchev–Trinajstić information content (AvgIpc) is 3.09. The van der Waals surface area contributed by atoms with Crippen molar-refractivity contribution in [3.05, 3.63) is 81.7 Å². The maximum atomic E-state index is 12.2. The Balaban J connectivity index is 1.47. The number of thioether (sulfide) groups is 1. The molecule has 1 aliphatic heterocycles. The van der Waals surface area contributed by atoms with Crippen LogP contribution in [-0.4, -0.2) is 23.7 Å². The number of hydrogen-bond acceptors (Lipinski definition) is 5. The van der Waals surface area contributed by atoms with Crippen molar-refractivity contribution in [2.24, 2.45) is 0 Å². The van der Waals surface area contributed by atoms with E-state index in [0.717, 1.165) is 33.7 Å². The molecule has 0 atom stereocenters. The zero-order valence-corrected chi connectivity index (χ0v) is 17.8. The minimum Gasteiger partial charge on any atom is -0.483 e. The summed E-state index contributed by atoms with van der Waals surface area (Å²) in [6.45, 7) is 0.246. The van der Waals surface area contributed by atoms with Gasteiger partial charge < -0.3 is 10.1 Å². The third-order valence-electron chi connectivity index (χ3n) is 4.61. The summed E-state index contributed by atoms with van der Waals surface area (Å²) >= 11 is 6.73. The number of halogens is 1. The number of imide groups is 1. The quantitative estimate of drug-likeness (QED) is 0.537. The van der Waals surface area contributed by atoms with E-state index in [2.05, 4.69) is 10.6 Å². The number of carbonyl (C=O) groups is 3. The highest BCUT2D eigenvalue weighted by atomic mass is 35.5. The summed E-state index contributed by atoms with van der Waals surface area (Å²) in [5.41, 5.74) is 1.72. The van der Waals surface area contributed by atoms with Crippen LogP contribution in [0.4, 0.5) is 4.79 Å². The normalized spacial score (nSPS) is 14.7. The number of amides is 3. The predicted octanol–water partition coefficient (Wildman–Crippen LogP) is 4.51. The van der Waals surface area contributed by atoms with E-state index >= 15 is 0 Å². The van der Waals surface area contributed by atoms with Crippen LogP contribution in [0.5, 0.6) is 5.75 Å². The summed E-state index contributed by atoms with van der Waals surface area (Å²) in [5, 5.41) is 6.97. The molecule has 31 heavy (non-hydrogen) atoms. The Bertz CT molecular complexity index is 1210. The van der Waals surface area contributed by atoms with E-state index in [1.165, 1.54) is 0 Å². The fourth-order valence-electron chi connectivity index (χ4n) is 3.11. The molecule has 1 heterocycles. The number of nitrogens with one attached hydrogen (secondary N) is 2. The van der Waals surface area contributed by atoms with E-state index in [1.807, 2.05) is 36.4 Å². The highest BCUT2D eigenvalue weighted by Crippen LogP contribution is 2.32. The molecule has 0 spiro atoms. The molecule has 0 aliphatic carbocycles. The molecule has 0 unspecified atom stereocenters. The molecule has 2 N–H and O–H groups in total. The van der Waals surface area contributed by atoms with Gasteiger partial charge >= 0.3 is 0 Å². The van der Waals surface area contributed by atoms with Gasteiger partial charge in [-0.1, -0.05) is 54.1 Å². The number of rotatable bonds is 6. The summed E-state index contributed by atoms with van der Waals surface area (Å²) in [5.74, 6) is -0.0986. The van der Waals surface area contributed by atoms with Gasteiger partial charge in [-0.05, 0) is 52.6 Å². The minimum atomic E-state index is -0.406. The largest absolute Gasteiger partial charge is 0.483 e. The molecule has 3 aromatic rings. The van der Waals surface area contributed by atoms with Crippen LogP contribution in [0.2, 0.25) is 5.02 Å². The molecule has 3 aromatic carbocycles. The summed E-state index contributed by atoms with van der Waals surface area (Å²) in [4.78, 5) is 35.8. The lowest BCUT2D eigenvalue weighted by molar-refractivity contribution is -0.123. The Morgan fingerprint density at radius 1 is 1.03 bits per heavy atom. The summed E-state index contributed by atoms with van der Waals surface area (Å²) in [7, 11) is 0. The SMILES string of the molecule is O=C(COc1ccc(C=C2SC(=O)NC2=O)c2ccccc12)NCc1ccc(Cl)cc1. The first-order chi connectivity index (χ1) is 15.0. The molecule has 8 heteroatoms. The van der Waals surface area contributed by atoms with E-state index in [1.54, 1.807) is 30.3 Å². The Kier molecular flexibility index (Phi) is 6.25. The van der Waals surface area contributed by atoms with Crippen LogP contribution in [0.3, 0.4) is 0 Å². The van der Waals surface area contributed by atoms with Gasteiger partial charge in [0.15, 0.2) is 6.61 Å². The highest BCUT2D eigenvalue weighted by Gasteiger charge is 2.25. The third kappa shape index (κ3) is 5.07. The second kappa shape index (κ2) is 9.24. The Labute approximate surface area is 187 Å². The number of benzene rings is 3. The van der Waals surface area contributed by atoms with E-state index in [4.69, 9.17) is 16.3 Å². The molecule has 1 aliphatic rings. The van der Waals surface area contributed by atoms with Crippen LogP contribution in [0.15, 0.2) is 65.6 Å². The van der Waals surface area contributed by atoms with E-state index in [-0.39, 0.29) is 17.8 Å². The van der Waals surface area contributed by atoms with Crippen LogP contribution in [0.25, 0.3) is 16.8 Å². The zero-order chi connectivity index (χ0) is 21.8. The van der Waals surface area contributed by atoms with Gasteiger partial charge in [0.05, 0.1) is 4.91 Å². The third-order valence-corrected chi connectivity index (χ3v) is 5.67. The number of carbonyl (C=O) groups excluding carboxylic acids is 3. The first-order valence-corrected chi connectivity index (χ1v) is 10.6. The maximum Gasteiger partial charge on any atom is 0.290 e. The van der Waals surface area contributed by atoms with Crippen molar-refractivity contribution in [2.75, 3.05) is 6.61 Å². The molecule has 0 radical (unpaired) electrons. The first kappa shape index (κ1) is 21.0. The van der Waals surface area contributed by atoms with Crippen molar-refractivity contribution < 1.29 is 19.1 Å². The molecule has 1 fully saturated rings. The number of fused-ring (bicyclic) bond motifs is 1. The lowest BCUT2D eigenvalue weighted by Gasteiger charge is -2.12. The second-order valence-electron chi connectivity index (χ2n) is 6.74. The Hall–Kier alpha value is -3.29. The average molecular weight is 453 g/mol. The van der Waals surface area contributed by atoms with Gasteiger partial charge in [0.1, 0.15) is 5.75 Å². The van der Waals surface area contributed by atoms with Crippen molar-refractivity contribution >= 4 is 57.3 Å². The van der Waals surface area contributed by atoms with Crippen LogP contribution in [0.1, 0.15) is 11.1 Å². The summed E-state index contributed by atoms with van der Waals surface area (Å²) in [6, 6.07) is 18.3. The van der Waals surface area contributed by atoms with Crippen molar-refractivity contribution in [1.29, 1.82) is 0 Å². The van der Waals surface area contributed by atoms with Gasteiger partial charge in [0, 0.05) is 17.0 Å². The van der Waals surface area contributed by atoms with Crippen LogP contribution in [-0.2, 0) is 16.1 Å². The van der Waals surface area contributed by atoms with E-state index in [9.17, 15) is 14.4 Å². The Morgan fingerprint density at radius 3 is 2.48 bits per heavy atom. The smallest absolute Gasteiger partial charge is 0.290 e. The molecule has 4 rings (SSSR count). The van der Waals surface area contributed by atoms with Crippen molar-refractivity contribution in [2.45, 2.75) is 6.54 Å². The summed E-state index contributed by atoms with van der Waals surface area (Å²) in [6.07, 6.45) is 1.68. The standard InChI is InChI=1S/C23H17ClN2O4S/c24-16-8-5-14(6-9-16)12-25-21(27)13-30-19-10-7-15(17-3-1-2-4-18(17)19)11-20-22(28)26-23(29)31-20/h1-11H,12-13H2,(H,25,27)(H,26,28,29). The van der Waals surface area contributed by atoms with E-state index < -0.39 is 5.91 Å². The fraction of sp³-hybridized carbons (Fsp3) is 0.0870. The van der Waals surface area contributed by atoms with Gasteiger partial charge in [-0.15, -0.1) is 0 Å². The van der Waals surface area contributed by atoms with Crippen molar-refractivity contribution in [3.63, 3.8) is 0 Å². The molecule has 3 amide bonds. The van der Waals surface area contributed by atoms with Crippen molar-refractivity contribution in [3.8, 4) is 5.75 Å². The first-order valence-electron chi connectivity index (χ1n) is 9.40. The molecular weight excluding hydrogens is 436 g/mol. The topological polar surface area (TPSA) is 84.5 Å². The van der Waals surface area contributed by atoms with E-state index in [0.29, 0.717) is 22.2 Å². The molecule has 6 nitrogen and oxygen atoms in total. The van der Waals surface area contributed by atoms with Gasteiger partial charge in [-0.3, -0.25) is 19.7 Å². The monoisotopic (exact) mass is 452 g/mol. The minimum absolute atomic E-state index is 0.134. The van der Waals surface area contributed by atoms with Crippen LogP contribution in [0, 0.1) is 0 Å². The number of ether oxygens (including phenoxy) is 1. The predicted molar refractivity (Wildman–Crippen MR) is 122 cm³/mol. The maximum absolute atomic E-state index is 12.2. The van der Waals surface area contributed by atoms with Gasteiger partial charge in [-0.2, -0.15) is 0 Å². The Morgan fingerprint density at radius 2 is 1.77 bits per heavy atom. The van der Waals surface area contributed by atoms with Gasteiger partial charge in [0.2, 0.25) is 0 Å². The highest BCUT2D eigenvalue weighted by molar-refractivity contribution is 8.18. The van der Waals surface area contributed by atoms with Gasteiger partial charge in [-0.25, -0.2) is 0 Å². The molecule has 156 valence electrons. The molecule has 0 bridgehead atoms. The molecule has 0 aromatic heterocycles. The lowest BCUT2D eigenvalue weighted by atomic mass is 10.0. The summed E-state index contributed by atoms with van der Waals surface area (Å²) < 4.78 is 5.76. The van der Waals surface area contributed by atoms with Crippen LogP contribution < -0.4 is 15.4 Å².